The zero-order valence-electron chi connectivity index (χ0n) is 14.8. The molecule has 1 unspecified atom stereocenters. The second-order valence-electron chi connectivity index (χ2n) is 6.97. The minimum Gasteiger partial charge on any atom is -0.481 e. The minimum absolute atomic E-state index is 0.168. The van der Waals surface area contributed by atoms with Crippen molar-refractivity contribution in [2.75, 3.05) is 44.2 Å². The first-order valence-electron chi connectivity index (χ1n) is 9.12. The van der Waals surface area contributed by atoms with Crippen LogP contribution in [0.2, 0.25) is 0 Å². The van der Waals surface area contributed by atoms with Crippen molar-refractivity contribution >= 4 is 17.6 Å². The van der Waals surface area contributed by atoms with Crippen LogP contribution in [-0.2, 0) is 9.59 Å². The van der Waals surface area contributed by atoms with E-state index in [2.05, 4.69) is 21.9 Å². The molecule has 1 aromatic rings. The number of rotatable bonds is 4. The van der Waals surface area contributed by atoms with E-state index in [4.69, 9.17) is 5.11 Å². The van der Waals surface area contributed by atoms with Crippen LogP contribution in [0.25, 0.3) is 0 Å². The maximum absolute atomic E-state index is 12.8. The van der Waals surface area contributed by atoms with E-state index in [1.807, 2.05) is 30.0 Å². The van der Waals surface area contributed by atoms with Gasteiger partial charge in [0.2, 0.25) is 5.91 Å². The number of carbonyl (C=O) groups excluding carboxylic acids is 1. The highest BCUT2D eigenvalue weighted by Crippen LogP contribution is 2.21. The first kappa shape index (κ1) is 17.7. The van der Waals surface area contributed by atoms with Gasteiger partial charge in [0.1, 0.15) is 0 Å². The van der Waals surface area contributed by atoms with Crippen LogP contribution in [0.3, 0.4) is 0 Å². The Labute approximate surface area is 149 Å². The van der Waals surface area contributed by atoms with Gasteiger partial charge in [-0.3, -0.25) is 14.5 Å². The third-order valence-corrected chi connectivity index (χ3v) is 5.50. The van der Waals surface area contributed by atoms with Crippen molar-refractivity contribution < 1.29 is 14.7 Å². The average Bonchev–Trinajstić information content (AvgIpc) is 2.67. The van der Waals surface area contributed by atoms with Crippen molar-refractivity contribution in [3.05, 3.63) is 30.3 Å². The predicted octanol–water partition coefficient (Wildman–Crippen LogP) is 1.52. The number of piperidine rings is 1. The summed E-state index contributed by atoms with van der Waals surface area (Å²) in [5.74, 6) is -0.801. The largest absolute Gasteiger partial charge is 0.481 e. The number of carboxylic acids is 1. The summed E-state index contributed by atoms with van der Waals surface area (Å²) >= 11 is 0. The number of benzene rings is 1. The quantitative estimate of drug-likeness (QED) is 0.896. The summed E-state index contributed by atoms with van der Waals surface area (Å²) in [5.41, 5.74) is 1.21. The fourth-order valence-electron chi connectivity index (χ4n) is 3.78. The summed E-state index contributed by atoms with van der Waals surface area (Å²) in [6.45, 7) is 6.51. The standard InChI is InChI=1S/C19H27N3O3/c1-15(20-9-7-16(8-10-20)19(24)25)18(23)22-13-11-21(12-14-22)17-5-3-2-4-6-17/h2-6,15-16H,7-14H2,1H3,(H,24,25). The van der Waals surface area contributed by atoms with Gasteiger partial charge in [0.25, 0.3) is 0 Å². The Bertz CT molecular complexity index is 591. The molecule has 0 aromatic heterocycles. The second kappa shape index (κ2) is 7.87. The van der Waals surface area contributed by atoms with E-state index < -0.39 is 5.97 Å². The summed E-state index contributed by atoms with van der Waals surface area (Å²) in [6, 6.07) is 10.1. The topological polar surface area (TPSA) is 64.1 Å². The Morgan fingerprint density at radius 2 is 1.60 bits per heavy atom. The molecule has 2 saturated heterocycles. The van der Waals surface area contributed by atoms with Gasteiger partial charge in [-0.25, -0.2) is 0 Å². The normalized spacial score (nSPS) is 21.2. The number of anilines is 1. The zero-order valence-corrected chi connectivity index (χ0v) is 14.8. The van der Waals surface area contributed by atoms with Crippen LogP contribution in [0.1, 0.15) is 19.8 Å². The van der Waals surface area contributed by atoms with Crippen LogP contribution in [0, 0.1) is 5.92 Å². The van der Waals surface area contributed by atoms with E-state index in [1.54, 1.807) is 0 Å². The number of carboxylic acid groups (broad SMARTS) is 1. The lowest BCUT2D eigenvalue weighted by atomic mass is 9.96. The third kappa shape index (κ3) is 4.12. The molecule has 2 aliphatic rings. The Morgan fingerprint density at radius 3 is 2.16 bits per heavy atom. The lowest BCUT2D eigenvalue weighted by Gasteiger charge is -2.40. The van der Waals surface area contributed by atoms with Gasteiger partial charge in [-0.2, -0.15) is 0 Å². The van der Waals surface area contributed by atoms with Crippen molar-refractivity contribution in [2.45, 2.75) is 25.8 Å². The molecule has 2 fully saturated rings. The molecule has 0 saturated carbocycles. The van der Waals surface area contributed by atoms with E-state index in [0.29, 0.717) is 25.9 Å². The fraction of sp³-hybridized carbons (Fsp3) is 0.579. The first-order chi connectivity index (χ1) is 12.1. The van der Waals surface area contributed by atoms with Crippen molar-refractivity contribution in [1.29, 1.82) is 0 Å². The van der Waals surface area contributed by atoms with E-state index in [-0.39, 0.29) is 17.9 Å². The Balaban J connectivity index is 1.50. The number of nitrogens with zero attached hydrogens (tertiary/aromatic N) is 3. The van der Waals surface area contributed by atoms with Crippen LogP contribution in [0.5, 0.6) is 0 Å². The van der Waals surface area contributed by atoms with Crippen LogP contribution < -0.4 is 4.90 Å². The van der Waals surface area contributed by atoms with E-state index in [9.17, 15) is 9.59 Å². The lowest BCUT2D eigenvalue weighted by molar-refractivity contribution is -0.144. The number of likely N-dealkylation sites (tertiary alicyclic amines) is 1. The highest BCUT2D eigenvalue weighted by molar-refractivity contribution is 5.82. The molecular weight excluding hydrogens is 318 g/mol. The van der Waals surface area contributed by atoms with Crippen molar-refractivity contribution in [1.82, 2.24) is 9.80 Å². The molecule has 0 bridgehead atoms. The molecule has 1 aromatic carbocycles. The number of para-hydroxylation sites is 1. The highest BCUT2D eigenvalue weighted by Gasteiger charge is 2.32. The van der Waals surface area contributed by atoms with Gasteiger partial charge < -0.3 is 14.9 Å². The zero-order chi connectivity index (χ0) is 17.8. The molecule has 2 aliphatic heterocycles. The summed E-state index contributed by atoms with van der Waals surface area (Å²) < 4.78 is 0. The summed E-state index contributed by atoms with van der Waals surface area (Å²) in [7, 11) is 0. The number of amides is 1. The van der Waals surface area contributed by atoms with Gasteiger partial charge in [-0.05, 0) is 45.0 Å². The molecule has 6 nitrogen and oxygen atoms in total. The second-order valence-corrected chi connectivity index (χ2v) is 6.97. The van der Waals surface area contributed by atoms with E-state index >= 15 is 0 Å². The van der Waals surface area contributed by atoms with E-state index in [0.717, 1.165) is 26.2 Å². The summed E-state index contributed by atoms with van der Waals surface area (Å²) in [4.78, 5) is 30.3. The maximum atomic E-state index is 12.8. The number of carbonyl (C=O) groups is 2. The van der Waals surface area contributed by atoms with Crippen molar-refractivity contribution in [2.24, 2.45) is 5.92 Å². The molecule has 1 atom stereocenters. The van der Waals surface area contributed by atoms with Crippen LogP contribution in [0.15, 0.2) is 30.3 Å². The SMILES string of the molecule is CC(C(=O)N1CCN(c2ccccc2)CC1)N1CCC(C(=O)O)CC1. The van der Waals surface area contributed by atoms with Crippen LogP contribution in [0.4, 0.5) is 5.69 Å². The molecule has 2 heterocycles. The number of hydrogen-bond donors (Lipinski definition) is 1. The fourth-order valence-corrected chi connectivity index (χ4v) is 3.78. The smallest absolute Gasteiger partial charge is 0.306 e. The third-order valence-electron chi connectivity index (χ3n) is 5.50. The predicted molar refractivity (Wildman–Crippen MR) is 96.6 cm³/mol. The van der Waals surface area contributed by atoms with Crippen LogP contribution in [-0.4, -0.2) is 72.1 Å². The van der Waals surface area contributed by atoms with Crippen molar-refractivity contribution in [3.8, 4) is 0 Å². The molecule has 1 amide bonds. The molecule has 136 valence electrons. The molecule has 0 spiro atoms. The van der Waals surface area contributed by atoms with Gasteiger partial charge in [0.15, 0.2) is 0 Å². The lowest BCUT2D eigenvalue weighted by Crippen LogP contribution is -2.55. The Kier molecular flexibility index (Phi) is 5.58. The maximum Gasteiger partial charge on any atom is 0.306 e. The highest BCUT2D eigenvalue weighted by atomic mass is 16.4. The average molecular weight is 345 g/mol. The number of hydrogen-bond acceptors (Lipinski definition) is 4. The molecule has 0 aliphatic carbocycles. The van der Waals surface area contributed by atoms with Crippen LogP contribution >= 0.6 is 0 Å². The molecule has 25 heavy (non-hydrogen) atoms. The molecule has 1 N–H and O–H groups in total. The minimum atomic E-state index is -0.712. The van der Waals surface area contributed by atoms with Gasteiger partial charge in [0, 0.05) is 31.9 Å². The van der Waals surface area contributed by atoms with Gasteiger partial charge in [-0.15, -0.1) is 0 Å². The van der Waals surface area contributed by atoms with Gasteiger partial charge >= 0.3 is 5.97 Å². The molecule has 0 radical (unpaired) electrons. The van der Waals surface area contributed by atoms with Gasteiger partial charge in [0.05, 0.1) is 12.0 Å². The van der Waals surface area contributed by atoms with E-state index in [1.165, 1.54) is 5.69 Å². The first-order valence-corrected chi connectivity index (χ1v) is 9.12. The summed E-state index contributed by atoms with van der Waals surface area (Å²) in [5, 5.41) is 9.10. The monoisotopic (exact) mass is 345 g/mol. The number of piperazine rings is 1. The number of aliphatic carboxylic acids is 1. The summed E-state index contributed by atoms with van der Waals surface area (Å²) in [6.07, 6.45) is 1.27. The molecule has 3 rings (SSSR count). The molecular formula is C19H27N3O3. The molecule has 6 heteroatoms. The van der Waals surface area contributed by atoms with Crippen molar-refractivity contribution in [3.63, 3.8) is 0 Å². The Morgan fingerprint density at radius 1 is 1.00 bits per heavy atom. The van der Waals surface area contributed by atoms with Gasteiger partial charge in [-0.1, -0.05) is 18.2 Å². The Hall–Kier alpha value is -2.08.